The maximum atomic E-state index is 14.4. The Kier molecular flexibility index (Phi) is 8.07. The van der Waals surface area contributed by atoms with Gasteiger partial charge in [0.2, 0.25) is 0 Å². The van der Waals surface area contributed by atoms with Gasteiger partial charge in [0.25, 0.3) is 10.0 Å². The first-order valence-corrected chi connectivity index (χ1v) is 11.2. The molecule has 0 bridgehead atoms. The van der Waals surface area contributed by atoms with Crippen molar-refractivity contribution in [3.63, 3.8) is 0 Å². The molecular weight excluding hydrogens is 536 g/mol. The number of nitrogens with one attached hydrogen (secondary N) is 2. The molecule has 1 aromatic heterocycles. The highest BCUT2D eigenvalue weighted by Crippen LogP contribution is 2.27. The number of carbonyl (C=O) groups excluding carboxylic acids is 1. The monoisotopic (exact) mass is 551 g/mol. The molecule has 3 aromatic rings. The summed E-state index contributed by atoms with van der Waals surface area (Å²) < 4.78 is 105. The highest BCUT2D eigenvalue weighted by atomic mass is 32.2. The number of aromatic nitrogens is 2. The van der Waals surface area contributed by atoms with E-state index >= 15 is 0 Å². The summed E-state index contributed by atoms with van der Waals surface area (Å²) >= 11 is 0. The molecule has 0 unspecified atom stereocenters. The minimum absolute atomic E-state index is 0.0274. The van der Waals surface area contributed by atoms with E-state index in [9.17, 15) is 39.6 Å². The van der Waals surface area contributed by atoms with Crippen LogP contribution in [0.4, 0.5) is 49.4 Å². The van der Waals surface area contributed by atoms with E-state index in [0.29, 0.717) is 12.7 Å². The van der Waals surface area contributed by atoms with Crippen molar-refractivity contribution in [3.8, 4) is 5.75 Å². The standard InChI is InChI=1S/C20H15F6N5O5S/c1-31(36-18(32)20(24,25)26)37(33,34)13-6-7-14(21)15(8-13)30-17-9-16(27-10-28-17)29-11-2-4-12(5-3-11)35-19(22)23/h2-10,19H,1H3,(H2,27,28,29,30). The summed E-state index contributed by atoms with van der Waals surface area (Å²) in [4.78, 5) is 21.9. The normalized spacial score (nSPS) is 11.9. The van der Waals surface area contributed by atoms with Crippen molar-refractivity contribution in [2.45, 2.75) is 17.7 Å². The van der Waals surface area contributed by atoms with Crippen molar-refractivity contribution in [1.29, 1.82) is 0 Å². The fourth-order valence-electron chi connectivity index (χ4n) is 2.63. The van der Waals surface area contributed by atoms with Crippen LogP contribution in [0, 0.1) is 5.82 Å². The van der Waals surface area contributed by atoms with Gasteiger partial charge in [-0.3, -0.25) is 0 Å². The molecule has 1 heterocycles. The molecule has 0 saturated heterocycles. The number of hydrogen-bond donors (Lipinski definition) is 2. The van der Waals surface area contributed by atoms with Gasteiger partial charge < -0.3 is 20.2 Å². The summed E-state index contributed by atoms with van der Waals surface area (Å²) in [6, 6.07) is 8.91. The van der Waals surface area contributed by atoms with Crippen molar-refractivity contribution in [2.75, 3.05) is 17.7 Å². The largest absolute Gasteiger partial charge is 0.492 e. The van der Waals surface area contributed by atoms with Crippen LogP contribution in [0.3, 0.4) is 0 Å². The SMILES string of the molecule is CN(OC(=O)C(F)(F)F)S(=O)(=O)c1ccc(F)c(Nc2cc(Nc3ccc(OC(F)F)cc3)ncn2)c1. The first-order valence-electron chi connectivity index (χ1n) is 9.74. The number of carbonyl (C=O) groups is 1. The number of rotatable bonds is 9. The molecule has 0 fully saturated rings. The first kappa shape index (κ1) is 27.5. The third kappa shape index (κ3) is 7.20. The second kappa shape index (κ2) is 10.9. The summed E-state index contributed by atoms with van der Waals surface area (Å²) in [5, 5.41) is 5.34. The fourth-order valence-corrected chi connectivity index (χ4v) is 3.60. The molecule has 2 N–H and O–H groups in total. The number of anilines is 4. The second-order valence-corrected chi connectivity index (χ2v) is 8.81. The van der Waals surface area contributed by atoms with Gasteiger partial charge in [0, 0.05) is 18.8 Å². The van der Waals surface area contributed by atoms with Crippen LogP contribution in [0.2, 0.25) is 0 Å². The Morgan fingerprint density at radius 1 is 1.00 bits per heavy atom. The van der Waals surface area contributed by atoms with Crippen LogP contribution in [0.1, 0.15) is 0 Å². The minimum atomic E-state index is -5.44. The van der Waals surface area contributed by atoms with E-state index in [1.54, 1.807) is 0 Å². The average molecular weight is 551 g/mol. The highest BCUT2D eigenvalue weighted by Gasteiger charge is 2.43. The third-order valence-electron chi connectivity index (χ3n) is 4.30. The van der Waals surface area contributed by atoms with Gasteiger partial charge in [0.1, 0.15) is 29.5 Å². The van der Waals surface area contributed by atoms with Gasteiger partial charge in [-0.2, -0.15) is 22.0 Å². The summed E-state index contributed by atoms with van der Waals surface area (Å²) in [6.07, 6.45) is -4.37. The Hall–Kier alpha value is -4.12. The van der Waals surface area contributed by atoms with Gasteiger partial charge in [-0.05, 0) is 46.9 Å². The smallest absolute Gasteiger partial charge is 0.435 e. The van der Waals surface area contributed by atoms with Crippen LogP contribution >= 0.6 is 0 Å². The van der Waals surface area contributed by atoms with Gasteiger partial charge in [0.05, 0.1) is 10.6 Å². The molecule has 0 saturated carbocycles. The van der Waals surface area contributed by atoms with E-state index in [1.807, 2.05) is 0 Å². The molecule has 198 valence electrons. The predicted octanol–water partition coefficient (Wildman–Crippen LogP) is 4.35. The first-order chi connectivity index (χ1) is 17.3. The van der Waals surface area contributed by atoms with E-state index in [0.717, 1.165) is 24.5 Å². The topological polar surface area (TPSA) is 123 Å². The molecule has 0 atom stereocenters. The Bertz CT molecular complexity index is 1370. The van der Waals surface area contributed by atoms with E-state index in [4.69, 9.17) is 0 Å². The van der Waals surface area contributed by atoms with Crippen molar-refractivity contribution in [1.82, 2.24) is 14.4 Å². The van der Waals surface area contributed by atoms with Gasteiger partial charge >= 0.3 is 18.8 Å². The van der Waals surface area contributed by atoms with Crippen LogP contribution in [-0.2, 0) is 19.7 Å². The van der Waals surface area contributed by atoms with E-state index in [1.165, 1.54) is 30.3 Å². The maximum Gasteiger partial charge on any atom is 0.492 e. The van der Waals surface area contributed by atoms with Crippen molar-refractivity contribution < 1.29 is 49.1 Å². The van der Waals surface area contributed by atoms with Crippen LogP contribution in [0.15, 0.2) is 59.8 Å². The van der Waals surface area contributed by atoms with Gasteiger partial charge in [-0.25, -0.2) is 27.6 Å². The Balaban J connectivity index is 1.77. The molecule has 3 rings (SSSR count). The van der Waals surface area contributed by atoms with Crippen LogP contribution in [0.25, 0.3) is 0 Å². The Morgan fingerprint density at radius 2 is 1.62 bits per heavy atom. The number of benzene rings is 2. The lowest BCUT2D eigenvalue weighted by Gasteiger charge is -2.18. The van der Waals surface area contributed by atoms with Crippen LogP contribution < -0.4 is 15.4 Å². The van der Waals surface area contributed by atoms with E-state index in [2.05, 4.69) is 30.2 Å². The predicted molar refractivity (Wildman–Crippen MR) is 115 cm³/mol. The number of hydroxylamine groups is 1. The number of alkyl halides is 5. The number of nitrogens with zero attached hydrogens (tertiary/aromatic N) is 3. The quantitative estimate of drug-likeness (QED) is 0.295. The summed E-state index contributed by atoms with van der Waals surface area (Å²) in [5.74, 6) is -3.65. The van der Waals surface area contributed by atoms with Crippen molar-refractivity contribution in [2.24, 2.45) is 0 Å². The molecule has 0 aliphatic heterocycles. The molecule has 17 heteroatoms. The van der Waals surface area contributed by atoms with E-state index < -0.39 is 45.2 Å². The van der Waals surface area contributed by atoms with E-state index in [-0.39, 0.29) is 21.9 Å². The van der Waals surface area contributed by atoms with Crippen molar-refractivity contribution in [3.05, 3.63) is 60.7 Å². The summed E-state index contributed by atoms with van der Waals surface area (Å²) in [7, 11) is -4.25. The zero-order chi connectivity index (χ0) is 27.4. The number of hydrogen-bond acceptors (Lipinski definition) is 9. The lowest BCUT2D eigenvalue weighted by atomic mass is 10.3. The summed E-state index contributed by atoms with van der Waals surface area (Å²) in [5.41, 5.74) is -0.0169. The van der Waals surface area contributed by atoms with Gasteiger partial charge in [0.15, 0.2) is 0 Å². The third-order valence-corrected chi connectivity index (χ3v) is 5.90. The zero-order valence-electron chi connectivity index (χ0n) is 18.3. The van der Waals surface area contributed by atoms with Crippen LogP contribution in [0.5, 0.6) is 5.75 Å². The minimum Gasteiger partial charge on any atom is -0.435 e. The molecule has 0 amide bonds. The van der Waals surface area contributed by atoms with Gasteiger partial charge in [-0.1, -0.05) is 0 Å². The fraction of sp³-hybridized carbons (Fsp3) is 0.150. The number of sulfonamides is 1. The maximum absolute atomic E-state index is 14.4. The van der Waals surface area contributed by atoms with Crippen LogP contribution in [-0.4, -0.2) is 48.7 Å². The molecule has 0 aliphatic carbocycles. The average Bonchev–Trinajstić information content (AvgIpc) is 2.81. The molecule has 2 aromatic carbocycles. The molecule has 0 aliphatic rings. The molecule has 10 nitrogen and oxygen atoms in total. The molecule has 0 radical (unpaired) electrons. The number of ether oxygens (including phenoxy) is 1. The zero-order valence-corrected chi connectivity index (χ0v) is 19.1. The molecule has 0 spiro atoms. The Morgan fingerprint density at radius 3 is 2.22 bits per heavy atom. The molecule has 37 heavy (non-hydrogen) atoms. The molecular formula is C20H15F6N5O5S. The summed E-state index contributed by atoms with van der Waals surface area (Å²) in [6.45, 7) is -2.99. The Labute approximate surface area is 204 Å². The second-order valence-electron chi connectivity index (χ2n) is 6.87. The lowest BCUT2D eigenvalue weighted by molar-refractivity contribution is -0.219. The number of halogens is 6. The highest BCUT2D eigenvalue weighted by molar-refractivity contribution is 7.89. The lowest BCUT2D eigenvalue weighted by Crippen LogP contribution is -2.36. The van der Waals surface area contributed by atoms with Gasteiger partial charge in [-0.15, -0.1) is 0 Å². The van der Waals surface area contributed by atoms with Crippen molar-refractivity contribution >= 4 is 39.0 Å².